The Balaban J connectivity index is 1.53. The summed E-state index contributed by atoms with van der Waals surface area (Å²) >= 11 is 5.99. The quantitative estimate of drug-likeness (QED) is 0.469. The zero-order valence-electron chi connectivity index (χ0n) is 17.6. The van der Waals surface area contributed by atoms with Gasteiger partial charge in [0.1, 0.15) is 18.3 Å². The van der Waals surface area contributed by atoms with E-state index in [1.165, 1.54) is 23.4 Å². The minimum atomic E-state index is -1.30. The van der Waals surface area contributed by atoms with Crippen LogP contribution in [-0.4, -0.2) is 37.5 Å². The number of carboxylic acids is 1. The summed E-state index contributed by atoms with van der Waals surface area (Å²) in [5, 5.41) is 20.2. The molecular weight excluding hydrogens is 460 g/mol. The van der Waals surface area contributed by atoms with Crippen LogP contribution in [0.25, 0.3) is 10.8 Å². The fourth-order valence-corrected chi connectivity index (χ4v) is 4.09. The van der Waals surface area contributed by atoms with Crippen LogP contribution in [0.5, 0.6) is 0 Å². The van der Waals surface area contributed by atoms with E-state index < -0.39 is 30.0 Å². The maximum Gasteiger partial charge on any atom is 0.357 e. The largest absolute Gasteiger partial charge is 0.476 e. The molecule has 1 N–H and O–H groups in total. The average molecular weight is 477 g/mol. The van der Waals surface area contributed by atoms with Crippen LogP contribution >= 0.6 is 11.6 Å². The lowest BCUT2D eigenvalue weighted by Crippen LogP contribution is -2.35. The molecule has 1 atom stereocenters. The van der Waals surface area contributed by atoms with Gasteiger partial charge < -0.3 is 9.52 Å². The lowest BCUT2D eigenvalue weighted by Gasteiger charge is -2.20. The molecule has 2 aromatic carbocycles. The molecule has 0 saturated heterocycles. The Morgan fingerprint density at radius 2 is 1.79 bits per heavy atom. The molecule has 1 amide bonds. The monoisotopic (exact) mass is 476 g/mol. The molecule has 0 saturated carbocycles. The van der Waals surface area contributed by atoms with E-state index >= 15 is 0 Å². The van der Waals surface area contributed by atoms with Gasteiger partial charge in [-0.15, -0.1) is 0 Å². The van der Waals surface area contributed by atoms with Gasteiger partial charge in [0.2, 0.25) is 0 Å². The summed E-state index contributed by atoms with van der Waals surface area (Å²) in [5.41, 5.74) is 0.573. The molecule has 5 rings (SSSR count). The number of amides is 1. The SMILES string of the molecule is O=C(O)c1nn(CC(=O)N2N=C(c3ccc(Cl)cc3)CC2c2ccco2)c(=O)c2ccccc12. The second kappa shape index (κ2) is 8.60. The van der Waals surface area contributed by atoms with Crippen LogP contribution in [0.2, 0.25) is 5.02 Å². The van der Waals surface area contributed by atoms with Crippen LogP contribution in [0.4, 0.5) is 0 Å². The Morgan fingerprint density at radius 3 is 2.47 bits per heavy atom. The molecule has 10 heteroatoms. The van der Waals surface area contributed by atoms with Crippen molar-refractivity contribution in [1.29, 1.82) is 0 Å². The summed E-state index contributed by atoms with van der Waals surface area (Å²) < 4.78 is 6.40. The van der Waals surface area contributed by atoms with Gasteiger partial charge in [-0.05, 0) is 35.9 Å². The molecule has 9 nitrogen and oxygen atoms in total. The number of aromatic nitrogens is 2. The van der Waals surface area contributed by atoms with Crippen LogP contribution in [0.3, 0.4) is 0 Å². The number of nitrogens with zero attached hydrogens (tertiary/aromatic N) is 4. The molecule has 3 heterocycles. The van der Waals surface area contributed by atoms with Gasteiger partial charge in [-0.3, -0.25) is 9.59 Å². The number of furan rings is 1. The minimum absolute atomic E-state index is 0.164. The highest BCUT2D eigenvalue weighted by atomic mass is 35.5. The van der Waals surface area contributed by atoms with E-state index in [1.807, 2.05) is 12.1 Å². The number of halogens is 1. The number of aromatic carboxylic acids is 1. The fourth-order valence-electron chi connectivity index (χ4n) is 3.96. The summed E-state index contributed by atoms with van der Waals surface area (Å²) in [4.78, 5) is 38.0. The molecular formula is C24H17ClN4O5. The zero-order valence-corrected chi connectivity index (χ0v) is 18.3. The molecule has 0 radical (unpaired) electrons. The van der Waals surface area contributed by atoms with Gasteiger partial charge in [0.25, 0.3) is 11.5 Å². The Kier molecular flexibility index (Phi) is 5.46. The molecule has 1 unspecified atom stereocenters. The molecule has 0 bridgehead atoms. The molecule has 2 aromatic heterocycles. The predicted octanol–water partition coefficient (Wildman–Crippen LogP) is 3.72. The second-order valence-electron chi connectivity index (χ2n) is 7.69. The summed E-state index contributed by atoms with van der Waals surface area (Å²) in [6.07, 6.45) is 1.90. The van der Waals surface area contributed by atoms with Crippen LogP contribution in [0, 0.1) is 0 Å². The first-order chi connectivity index (χ1) is 16.4. The highest BCUT2D eigenvalue weighted by Crippen LogP contribution is 2.33. The topological polar surface area (TPSA) is 118 Å². The van der Waals surface area contributed by atoms with Crippen molar-refractivity contribution in [3.05, 3.63) is 99.3 Å². The third-order valence-electron chi connectivity index (χ3n) is 5.57. The number of hydrogen-bond acceptors (Lipinski definition) is 6. The number of hydrogen-bond donors (Lipinski definition) is 1. The standard InChI is InChI=1S/C24H17ClN4O5/c25-15-9-7-14(8-10-15)18-12-19(20-6-3-11-34-20)29(26-18)21(30)13-28-23(31)17-5-2-1-4-16(17)22(27-28)24(32)33/h1-11,19H,12-13H2,(H,32,33). The maximum absolute atomic E-state index is 13.3. The van der Waals surface area contributed by atoms with Crippen molar-refractivity contribution in [1.82, 2.24) is 14.8 Å². The first kappa shape index (κ1) is 21.6. The van der Waals surface area contributed by atoms with Crippen molar-refractivity contribution in [2.75, 3.05) is 0 Å². The minimum Gasteiger partial charge on any atom is -0.476 e. The van der Waals surface area contributed by atoms with Crippen LogP contribution in [-0.2, 0) is 11.3 Å². The van der Waals surface area contributed by atoms with Crippen molar-refractivity contribution in [3.8, 4) is 0 Å². The highest BCUT2D eigenvalue weighted by Gasteiger charge is 2.35. The number of hydrazone groups is 1. The molecule has 4 aromatic rings. The third-order valence-corrected chi connectivity index (χ3v) is 5.82. The van der Waals surface area contributed by atoms with Gasteiger partial charge >= 0.3 is 5.97 Å². The molecule has 0 aliphatic carbocycles. The van der Waals surface area contributed by atoms with E-state index in [4.69, 9.17) is 16.0 Å². The first-order valence-electron chi connectivity index (χ1n) is 10.3. The number of rotatable bonds is 5. The Bertz CT molecular complexity index is 1490. The molecule has 0 fully saturated rings. The number of carbonyl (C=O) groups excluding carboxylic acids is 1. The van der Waals surface area contributed by atoms with Crippen molar-refractivity contribution in [2.45, 2.75) is 19.0 Å². The van der Waals surface area contributed by atoms with Gasteiger partial charge in [-0.1, -0.05) is 41.9 Å². The zero-order chi connectivity index (χ0) is 23.8. The van der Waals surface area contributed by atoms with Gasteiger partial charge in [0, 0.05) is 16.8 Å². The van der Waals surface area contributed by atoms with Crippen molar-refractivity contribution in [2.24, 2.45) is 5.10 Å². The van der Waals surface area contributed by atoms with E-state index in [0.717, 1.165) is 10.2 Å². The molecule has 1 aliphatic heterocycles. The fraction of sp³-hybridized carbons (Fsp3) is 0.125. The number of benzene rings is 2. The first-order valence-corrected chi connectivity index (χ1v) is 10.7. The molecule has 1 aliphatic rings. The molecule has 0 spiro atoms. The normalized spacial score (nSPS) is 15.5. The summed E-state index contributed by atoms with van der Waals surface area (Å²) in [5.74, 6) is -1.30. The number of carbonyl (C=O) groups is 2. The van der Waals surface area contributed by atoms with E-state index in [0.29, 0.717) is 22.9 Å². The Morgan fingerprint density at radius 1 is 1.06 bits per heavy atom. The van der Waals surface area contributed by atoms with Crippen molar-refractivity contribution < 1.29 is 19.1 Å². The highest BCUT2D eigenvalue weighted by molar-refractivity contribution is 6.30. The number of carboxylic acid groups (broad SMARTS) is 1. The van der Waals surface area contributed by atoms with Crippen molar-refractivity contribution >= 4 is 40.0 Å². The van der Waals surface area contributed by atoms with Gasteiger partial charge in [0.05, 0.1) is 17.4 Å². The van der Waals surface area contributed by atoms with Crippen molar-refractivity contribution in [3.63, 3.8) is 0 Å². The van der Waals surface area contributed by atoms with Gasteiger partial charge in [-0.25, -0.2) is 14.5 Å². The predicted molar refractivity (Wildman–Crippen MR) is 124 cm³/mol. The Labute approximate surface area is 197 Å². The van der Waals surface area contributed by atoms with Gasteiger partial charge in [0.15, 0.2) is 5.69 Å². The lowest BCUT2D eigenvalue weighted by atomic mass is 10.0. The van der Waals surface area contributed by atoms with Crippen LogP contribution in [0.15, 0.2) is 81.2 Å². The van der Waals surface area contributed by atoms with E-state index in [1.54, 1.807) is 36.4 Å². The molecule has 170 valence electrons. The number of fused-ring (bicyclic) bond motifs is 1. The average Bonchev–Trinajstić information content (AvgIpc) is 3.51. The van der Waals surface area contributed by atoms with E-state index in [9.17, 15) is 19.5 Å². The van der Waals surface area contributed by atoms with Crippen LogP contribution < -0.4 is 5.56 Å². The maximum atomic E-state index is 13.3. The lowest BCUT2D eigenvalue weighted by molar-refractivity contribution is -0.134. The molecule has 34 heavy (non-hydrogen) atoms. The second-order valence-corrected chi connectivity index (χ2v) is 8.13. The Hall–Kier alpha value is -4.24. The van der Waals surface area contributed by atoms with E-state index in [2.05, 4.69) is 10.2 Å². The van der Waals surface area contributed by atoms with Gasteiger partial charge in [-0.2, -0.15) is 10.2 Å². The summed E-state index contributed by atoms with van der Waals surface area (Å²) in [6, 6.07) is 16.3. The summed E-state index contributed by atoms with van der Waals surface area (Å²) in [6.45, 7) is -0.488. The van der Waals surface area contributed by atoms with E-state index in [-0.39, 0.29) is 16.5 Å². The van der Waals surface area contributed by atoms with Crippen LogP contribution in [0.1, 0.15) is 34.3 Å². The summed E-state index contributed by atoms with van der Waals surface area (Å²) in [7, 11) is 0. The smallest absolute Gasteiger partial charge is 0.357 e. The third kappa shape index (κ3) is 3.86.